The number of hydrogen-bond donors (Lipinski definition) is 2. The van der Waals surface area contributed by atoms with Gasteiger partial charge in [0.05, 0.1) is 0 Å². The Balaban J connectivity index is 3.67. The van der Waals surface area contributed by atoms with E-state index in [1.807, 2.05) is 0 Å². The van der Waals surface area contributed by atoms with Crippen LogP contribution >= 0.6 is 0 Å². The Labute approximate surface area is 87.4 Å². The maximum Gasteiger partial charge on any atom is 0.220 e. The third-order valence-corrected chi connectivity index (χ3v) is 2.24. The molecule has 0 radical (unpaired) electrons. The van der Waals surface area contributed by atoms with Crippen LogP contribution in [0.4, 0.5) is 0 Å². The Bertz CT molecular complexity index is 157. The fourth-order valence-corrected chi connectivity index (χ4v) is 1.32. The number of hydrogen-bond acceptors (Lipinski definition) is 2. The first-order valence-electron chi connectivity index (χ1n) is 5.59. The predicted molar refractivity (Wildman–Crippen MR) is 60.0 cm³/mol. The van der Waals surface area contributed by atoms with Crippen LogP contribution < -0.4 is 11.1 Å². The highest BCUT2D eigenvalue weighted by Gasteiger charge is 2.09. The van der Waals surface area contributed by atoms with Crippen molar-refractivity contribution in [3.63, 3.8) is 0 Å². The van der Waals surface area contributed by atoms with Gasteiger partial charge in [0.2, 0.25) is 5.91 Å². The highest BCUT2D eigenvalue weighted by Crippen LogP contribution is 2.03. The van der Waals surface area contributed by atoms with E-state index < -0.39 is 0 Å². The molecule has 0 heterocycles. The van der Waals surface area contributed by atoms with E-state index in [-0.39, 0.29) is 11.9 Å². The number of nitrogens with two attached hydrogens (primary N) is 1. The summed E-state index contributed by atoms with van der Waals surface area (Å²) < 4.78 is 0. The van der Waals surface area contributed by atoms with Crippen molar-refractivity contribution in [3.8, 4) is 0 Å². The molecule has 14 heavy (non-hydrogen) atoms. The number of amides is 1. The van der Waals surface area contributed by atoms with Crippen LogP contribution in [0.15, 0.2) is 0 Å². The molecular weight excluding hydrogens is 176 g/mol. The van der Waals surface area contributed by atoms with Gasteiger partial charge >= 0.3 is 0 Å². The average molecular weight is 200 g/mol. The summed E-state index contributed by atoms with van der Waals surface area (Å²) in [5.41, 5.74) is 5.55. The Morgan fingerprint density at radius 2 is 2.00 bits per heavy atom. The summed E-state index contributed by atoms with van der Waals surface area (Å²) in [6, 6.07) is 0.166. The van der Waals surface area contributed by atoms with Gasteiger partial charge in [-0.1, -0.05) is 27.2 Å². The summed E-state index contributed by atoms with van der Waals surface area (Å²) in [5, 5.41) is 2.96. The molecular formula is C11H24N2O. The maximum absolute atomic E-state index is 11.4. The van der Waals surface area contributed by atoms with Crippen molar-refractivity contribution in [2.24, 2.45) is 11.7 Å². The maximum atomic E-state index is 11.4. The molecule has 1 unspecified atom stereocenters. The molecule has 0 saturated heterocycles. The lowest BCUT2D eigenvalue weighted by atomic mass is 10.1. The monoisotopic (exact) mass is 200 g/mol. The fourth-order valence-electron chi connectivity index (χ4n) is 1.32. The van der Waals surface area contributed by atoms with Crippen LogP contribution in [-0.2, 0) is 4.79 Å². The van der Waals surface area contributed by atoms with Gasteiger partial charge < -0.3 is 11.1 Å². The molecule has 84 valence electrons. The smallest absolute Gasteiger partial charge is 0.220 e. The van der Waals surface area contributed by atoms with Crippen LogP contribution in [0.3, 0.4) is 0 Å². The summed E-state index contributed by atoms with van der Waals surface area (Å²) in [5.74, 6) is 0.728. The molecule has 3 nitrogen and oxygen atoms in total. The van der Waals surface area contributed by atoms with E-state index in [4.69, 9.17) is 5.73 Å². The summed E-state index contributed by atoms with van der Waals surface area (Å²) in [6.07, 6.45) is 3.61. The van der Waals surface area contributed by atoms with Crippen LogP contribution in [-0.4, -0.2) is 18.5 Å². The molecule has 0 aromatic rings. The summed E-state index contributed by atoms with van der Waals surface area (Å²) in [4.78, 5) is 11.4. The SMILES string of the molecule is CCCC(CN)NC(=O)CCC(C)C. The Hall–Kier alpha value is -0.570. The lowest BCUT2D eigenvalue weighted by Crippen LogP contribution is -2.40. The second-order valence-electron chi connectivity index (χ2n) is 4.22. The highest BCUT2D eigenvalue weighted by molar-refractivity contribution is 5.76. The van der Waals surface area contributed by atoms with Gasteiger partial charge in [-0.3, -0.25) is 4.79 Å². The van der Waals surface area contributed by atoms with E-state index in [2.05, 4.69) is 26.1 Å². The van der Waals surface area contributed by atoms with E-state index in [0.29, 0.717) is 18.9 Å². The average Bonchev–Trinajstić information content (AvgIpc) is 2.14. The van der Waals surface area contributed by atoms with Crippen molar-refractivity contribution in [2.45, 2.75) is 52.5 Å². The molecule has 0 aliphatic carbocycles. The Morgan fingerprint density at radius 1 is 1.36 bits per heavy atom. The minimum atomic E-state index is 0.141. The molecule has 0 bridgehead atoms. The van der Waals surface area contributed by atoms with Gasteiger partial charge in [-0.05, 0) is 18.8 Å². The third kappa shape index (κ3) is 6.89. The minimum absolute atomic E-state index is 0.141. The van der Waals surface area contributed by atoms with Gasteiger partial charge in [-0.15, -0.1) is 0 Å². The number of nitrogens with one attached hydrogen (secondary N) is 1. The number of carbonyl (C=O) groups is 1. The molecule has 3 N–H and O–H groups in total. The first-order chi connectivity index (χ1) is 6.60. The van der Waals surface area contributed by atoms with Gasteiger partial charge in [0.1, 0.15) is 0 Å². The van der Waals surface area contributed by atoms with Gasteiger partial charge in [0, 0.05) is 19.0 Å². The van der Waals surface area contributed by atoms with Crippen LogP contribution in [0.1, 0.15) is 46.5 Å². The van der Waals surface area contributed by atoms with E-state index in [9.17, 15) is 4.79 Å². The molecule has 0 aromatic carbocycles. The largest absolute Gasteiger partial charge is 0.352 e. The fraction of sp³-hybridized carbons (Fsp3) is 0.909. The summed E-state index contributed by atoms with van der Waals surface area (Å²) in [7, 11) is 0. The summed E-state index contributed by atoms with van der Waals surface area (Å²) >= 11 is 0. The first kappa shape index (κ1) is 13.4. The number of rotatable bonds is 7. The Morgan fingerprint density at radius 3 is 2.43 bits per heavy atom. The molecule has 0 aliphatic heterocycles. The third-order valence-electron chi connectivity index (χ3n) is 2.24. The van der Waals surface area contributed by atoms with Crippen molar-refractivity contribution in [1.29, 1.82) is 0 Å². The molecule has 0 spiro atoms. The minimum Gasteiger partial charge on any atom is -0.352 e. The molecule has 1 atom stereocenters. The second-order valence-corrected chi connectivity index (χ2v) is 4.22. The normalized spacial score (nSPS) is 12.9. The van der Waals surface area contributed by atoms with Crippen LogP contribution in [0.2, 0.25) is 0 Å². The predicted octanol–water partition coefficient (Wildman–Crippen LogP) is 1.67. The second kappa shape index (κ2) is 7.80. The quantitative estimate of drug-likeness (QED) is 0.657. The molecule has 0 rings (SSSR count). The van der Waals surface area contributed by atoms with Crippen molar-refractivity contribution < 1.29 is 4.79 Å². The first-order valence-corrected chi connectivity index (χ1v) is 5.59. The van der Waals surface area contributed by atoms with Gasteiger partial charge in [0.15, 0.2) is 0 Å². The van der Waals surface area contributed by atoms with Crippen LogP contribution in [0.25, 0.3) is 0 Å². The zero-order valence-electron chi connectivity index (χ0n) is 9.68. The van der Waals surface area contributed by atoms with Gasteiger partial charge in [-0.2, -0.15) is 0 Å². The van der Waals surface area contributed by atoms with Crippen molar-refractivity contribution in [1.82, 2.24) is 5.32 Å². The lowest BCUT2D eigenvalue weighted by molar-refractivity contribution is -0.122. The summed E-state index contributed by atoms with van der Waals surface area (Å²) in [6.45, 7) is 6.89. The topological polar surface area (TPSA) is 55.1 Å². The van der Waals surface area contributed by atoms with E-state index in [1.54, 1.807) is 0 Å². The molecule has 0 saturated carbocycles. The van der Waals surface area contributed by atoms with Gasteiger partial charge in [0.25, 0.3) is 0 Å². The Kier molecular flexibility index (Phi) is 7.48. The van der Waals surface area contributed by atoms with Crippen molar-refractivity contribution in [3.05, 3.63) is 0 Å². The standard InChI is InChI=1S/C11H24N2O/c1-4-5-10(8-12)13-11(14)7-6-9(2)3/h9-10H,4-8,12H2,1-3H3,(H,13,14). The molecule has 0 fully saturated rings. The number of carbonyl (C=O) groups excluding carboxylic acids is 1. The lowest BCUT2D eigenvalue weighted by Gasteiger charge is -2.16. The highest BCUT2D eigenvalue weighted by atomic mass is 16.1. The zero-order chi connectivity index (χ0) is 11.0. The molecule has 0 aromatic heterocycles. The van der Waals surface area contributed by atoms with E-state index in [0.717, 1.165) is 19.3 Å². The molecule has 0 aliphatic rings. The molecule has 1 amide bonds. The van der Waals surface area contributed by atoms with Crippen molar-refractivity contribution >= 4 is 5.91 Å². The van der Waals surface area contributed by atoms with E-state index in [1.165, 1.54) is 0 Å². The van der Waals surface area contributed by atoms with Crippen molar-refractivity contribution in [2.75, 3.05) is 6.54 Å². The zero-order valence-corrected chi connectivity index (χ0v) is 9.68. The molecule has 3 heteroatoms. The van der Waals surface area contributed by atoms with E-state index >= 15 is 0 Å². The van der Waals surface area contributed by atoms with Gasteiger partial charge in [-0.25, -0.2) is 0 Å². The van der Waals surface area contributed by atoms with Crippen LogP contribution in [0.5, 0.6) is 0 Å². The van der Waals surface area contributed by atoms with Crippen LogP contribution in [0, 0.1) is 5.92 Å².